The van der Waals surface area contributed by atoms with E-state index < -0.39 is 0 Å². The van der Waals surface area contributed by atoms with Crippen LogP contribution in [0.3, 0.4) is 0 Å². The van der Waals surface area contributed by atoms with Crippen molar-refractivity contribution in [3.8, 4) is 5.75 Å². The topological polar surface area (TPSA) is 61.4 Å². The van der Waals surface area contributed by atoms with Crippen LogP contribution >= 0.6 is 0 Å². The van der Waals surface area contributed by atoms with Gasteiger partial charge in [0.05, 0.1) is 0 Å². The summed E-state index contributed by atoms with van der Waals surface area (Å²) in [6.45, 7) is 2.50. The van der Waals surface area contributed by atoms with Gasteiger partial charge in [0, 0.05) is 12.2 Å². The van der Waals surface area contributed by atoms with Crippen molar-refractivity contribution in [1.82, 2.24) is 5.32 Å². The van der Waals surface area contributed by atoms with Crippen LogP contribution < -0.4 is 10.6 Å². The van der Waals surface area contributed by atoms with Crippen molar-refractivity contribution < 1.29 is 9.90 Å². The van der Waals surface area contributed by atoms with Gasteiger partial charge in [-0.25, -0.2) is 4.79 Å². The summed E-state index contributed by atoms with van der Waals surface area (Å²) in [6, 6.07) is 14.0. The molecule has 0 radical (unpaired) electrons. The normalized spacial score (nSPS) is 9.95. The molecule has 98 valence electrons. The van der Waals surface area contributed by atoms with Crippen LogP contribution in [-0.2, 0) is 6.54 Å². The SMILES string of the molecule is Cc1ccc(CNC(=O)Nc2ccc(O)cc2)cc1. The first-order valence-corrected chi connectivity index (χ1v) is 6.03. The molecule has 2 aromatic rings. The van der Waals surface area contributed by atoms with E-state index in [1.54, 1.807) is 12.1 Å². The lowest BCUT2D eigenvalue weighted by Crippen LogP contribution is -2.28. The summed E-state index contributed by atoms with van der Waals surface area (Å²) in [5.74, 6) is 0.172. The van der Waals surface area contributed by atoms with Gasteiger partial charge in [0.15, 0.2) is 0 Å². The molecule has 0 unspecified atom stereocenters. The summed E-state index contributed by atoms with van der Waals surface area (Å²) in [7, 11) is 0. The molecule has 0 aliphatic heterocycles. The van der Waals surface area contributed by atoms with Crippen molar-refractivity contribution in [2.75, 3.05) is 5.32 Å². The summed E-state index contributed by atoms with van der Waals surface area (Å²) >= 11 is 0. The number of urea groups is 1. The molecule has 2 amide bonds. The second-order valence-corrected chi connectivity index (χ2v) is 4.34. The first kappa shape index (κ1) is 13.0. The number of rotatable bonds is 3. The average molecular weight is 256 g/mol. The summed E-state index contributed by atoms with van der Waals surface area (Å²) < 4.78 is 0. The van der Waals surface area contributed by atoms with Gasteiger partial charge in [0.2, 0.25) is 0 Å². The molecule has 0 spiro atoms. The van der Waals surface area contributed by atoms with Gasteiger partial charge in [-0.2, -0.15) is 0 Å². The van der Waals surface area contributed by atoms with Crippen molar-refractivity contribution in [3.63, 3.8) is 0 Å². The standard InChI is InChI=1S/C15H16N2O2/c1-11-2-4-12(5-3-11)10-16-15(19)17-13-6-8-14(18)9-7-13/h2-9,18H,10H2,1H3,(H2,16,17,19). The van der Waals surface area contributed by atoms with Crippen LogP contribution in [0.5, 0.6) is 5.75 Å². The summed E-state index contributed by atoms with van der Waals surface area (Å²) in [5, 5.41) is 14.6. The third kappa shape index (κ3) is 4.03. The van der Waals surface area contributed by atoms with Gasteiger partial charge in [0.25, 0.3) is 0 Å². The van der Waals surface area contributed by atoms with E-state index in [9.17, 15) is 4.79 Å². The van der Waals surface area contributed by atoms with Crippen molar-refractivity contribution >= 4 is 11.7 Å². The Balaban J connectivity index is 1.84. The number of carbonyl (C=O) groups excluding carboxylic acids is 1. The number of nitrogens with one attached hydrogen (secondary N) is 2. The molecule has 0 saturated carbocycles. The van der Waals surface area contributed by atoms with Gasteiger partial charge in [-0.3, -0.25) is 0 Å². The van der Waals surface area contributed by atoms with E-state index in [0.29, 0.717) is 12.2 Å². The molecule has 2 rings (SSSR count). The maximum Gasteiger partial charge on any atom is 0.319 e. The Morgan fingerprint density at radius 2 is 1.68 bits per heavy atom. The highest BCUT2D eigenvalue weighted by Gasteiger charge is 2.01. The Morgan fingerprint density at radius 3 is 2.32 bits per heavy atom. The number of phenols is 1. The van der Waals surface area contributed by atoms with Gasteiger partial charge in [-0.1, -0.05) is 29.8 Å². The summed E-state index contributed by atoms with van der Waals surface area (Å²) in [5.41, 5.74) is 2.88. The van der Waals surface area contributed by atoms with E-state index in [2.05, 4.69) is 10.6 Å². The molecule has 0 aliphatic rings. The molecular weight excluding hydrogens is 240 g/mol. The van der Waals surface area contributed by atoms with Crippen LogP contribution in [0.2, 0.25) is 0 Å². The molecule has 3 N–H and O–H groups in total. The van der Waals surface area contributed by atoms with Crippen LogP contribution in [0.4, 0.5) is 10.5 Å². The molecule has 0 aliphatic carbocycles. The Kier molecular flexibility index (Phi) is 4.03. The highest BCUT2D eigenvalue weighted by molar-refractivity contribution is 5.89. The number of aromatic hydroxyl groups is 1. The second-order valence-electron chi connectivity index (χ2n) is 4.34. The minimum absolute atomic E-state index is 0.172. The number of anilines is 1. The second kappa shape index (κ2) is 5.91. The van der Waals surface area contributed by atoms with Crippen LogP contribution in [-0.4, -0.2) is 11.1 Å². The van der Waals surface area contributed by atoms with Crippen LogP contribution in [0, 0.1) is 6.92 Å². The van der Waals surface area contributed by atoms with E-state index in [1.807, 2.05) is 31.2 Å². The monoisotopic (exact) mass is 256 g/mol. The van der Waals surface area contributed by atoms with E-state index in [1.165, 1.54) is 17.7 Å². The number of hydrogen-bond donors (Lipinski definition) is 3. The predicted molar refractivity (Wildman–Crippen MR) is 75.1 cm³/mol. The first-order valence-electron chi connectivity index (χ1n) is 6.03. The van der Waals surface area contributed by atoms with Crippen molar-refractivity contribution in [2.45, 2.75) is 13.5 Å². The number of aryl methyl sites for hydroxylation is 1. The third-order valence-electron chi connectivity index (χ3n) is 2.70. The molecule has 0 heterocycles. The maximum absolute atomic E-state index is 11.7. The third-order valence-corrected chi connectivity index (χ3v) is 2.70. The zero-order chi connectivity index (χ0) is 13.7. The number of carbonyl (C=O) groups is 1. The highest BCUT2D eigenvalue weighted by atomic mass is 16.3. The Morgan fingerprint density at radius 1 is 1.05 bits per heavy atom. The molecule has 0 bridgehead atoms. The molecule has 19 heavy (non-hydrogen) atoms. The van der Waals surface area contributed by atoms with Gasteiger partial charge in [0.1, 0.15) is 5.75 Å². The fourth-order valence-electron chi connectivity index (χ4n) is 1.61. The van der Waals surface area contributed by atoms with Gasteiger partial charge < -0.3 is 15.7 Å². The Labute approximate surface area is 112 Å². The number of phenolic OH excluding ortho intramolecular Hbond substituents is 1. The van der Waals surface area contributed by atoms with E-state index >= 15 is 0 Å². The van der Waals surface area contributed by atoms with Crippen LogP contribution in [0.25, 0.3) is 0 Å². The molecule has 4 nitrogen and oxygen atoms in total. The minimum atomic E-state index is -0.272. The lowest BCUT2D eigenvalue weighted by molar-refractivity contribution is 0.251. The van der Waals surface area contributed by atoms with Gasteiger partial charge in [-0.15, -0.1) is 0 Å². The Hall–Kier alpha value is -2.49. The fourth-order valence-corrected chi connectivity index (χ4v) is 1.61. The van der Waals surface area contributed by atoms with E-state index in [0.717, 1.165) is 5.56 Å². The zero-order valence-corrected chi connectivity index (χ0v) is 10.7. The summed E-state index contributed by atoms with van der Waals surface area (Å²) in [4.78, 5) is 11.7. The van der Waals surface area contributed by atoms with Crippen molar-refractivity contribution in [2.24, 2.45) is 0 Å². The minimum Gasteiger partial charge on any atom is -0.508 e. The van der Waals surface area contributed by atoms with Gasteiger partial charge >= 0.3 is 6.03 Å². The van der Waals surface area contributed by atoms with Crippen molar-refractivity contribution in [1.29, 1.82) is 0 Å². The molecule has 4 heteroatoms. The lowest BCUT2D eigenvalue weighted by atomic mass is 10.1. The predicted octanol–water partition coefficient (Wildman–Crippen LogP) is 3.02. The van der Waals surface area contributed by atoms with E-state index in [-0.39, 0.29) is 11.8 Å². The van der Waals surface area contributed by atoms with Crippen LogP contribution in [0.15, 0.2) is 48.5 Å². The smallest absolute Gasteiger partial charge is 0.319 e. The molecule has 0 saturated heterocycles. The van der Waals surface area contributed by atoms with E-state index in [4.69, 9.17) is 5.11 Å². The molecule has 0 aromatic heterocycles. The fraction of sp³-hybridized carbons (Fsp3) is 0.133. The summed E-state index contributed by atoms with van der Waals surface area (Å²) in [6.07, 6.45) is 0. The molecule has 2 aromatic carbocycles. The van der Waals surface area contributed by atoms with Crippen LogP contribution in [0.1, 0.15) is 11.1 Å². The lowest BCUT2D eigenvalue weighted by Gasteiger charge is -2.08. The largest absolute Gasteiger partial charge is 0.508 e. The highest BCUT2D eigenvalue weighted by Crippen LogP contribution is 2.13. The zero-order valence-electron chi connectivity index (χ0n) is 10.7. The number of amides is 2. The molecule has 0 fully saturated rings. The number of hydrogen-bond acceptors (Lipinski definition) is 2. The van der Waals surface area contributed by atoms with Gasteiger partial charge in [-0.05, 0) is 36.8 Å². The molecular formula is C15H16N2O2. The number of benzene rings is 2. The average Bonchev–Trinajstić information content (AvgIpc) is 2.41. The quantitative estimate of drug-likeness (QED) is 0.739. The Bertz CT molecular complexity index is 547. The van der Waals surface area contributed by atoms with Crippen molar-refractivity contribution in [3.05, 3.63) is 59.7 Å². The maximum atomic E-state index is 11.7. The first-order chi connectivity index (χ1) is 9.13. The molecule has 0 atom stereocenters.